The molecule has 0 aliphatic heterocycles. The molecule has 0 spiro atoms. The van der Waals surface area contributed by atoms with Gasteiger partial charge in [0.25, 0.3) is 5.91 Å². The van der Waals surface area contributed by atoms with Crippen molar-refractivity contribution in [2.45, 2.75) is 6.04 Å². The molecule has 0 fully saturated rings. The predicted octanol–water partition coefficient (Wildman–Crippen LogP) is 2.99. The van der Waals surface area contributed by atoms with E-state index in [0.717, 1.165) is 11.4 Å². The molecule has 0 atom stereocenters. The smallest absolute Gasteiger partial charge is 0.279 e. The van der Waals surface area contributed by atoms with Crippen molar-refractivity contribution >= 4 is 11.6 Å². The molecule has 26 heavy (non-hydrogen) atoms. The topological polar surface area (TPSA) is 54.9 Å². The van der Waals surface area contributed by atoms with Gasteiger partial charge in [0.15, 0.2) is 6.54 Å². The molecule has 3 aromatic rings. The Morgan fingerprint density at radius 2 is 1.54 bits per heavy atom. The normalized spacial score (nSPS) is 10.5. The molecule has 132 valence electrons. The summed E-state index contributed by atoms with van der Waals surface area (Å²) in [5.41, 5.74) is 3.08. The summed E-state index contributed by atoms with van der Waals surface area (Å²) in [5.74, 6) is 0.674. The van der Waals surface area contributed by atoms with Crippen molar-refractivity contribution in [1.29, 1.82) is 0 Å². The van der Waals surface area contributed by atoms with Crippen LogP contribution < -0.4 is 15.4 Å². The Labute approximate surface area is 153 Å². The average Bonchev–Trinajstić information content (AvgIpc) is 2.70. The minimum atomic E-state index is -0.0462. The number of amides is 1. The van der Waals surface area contributed by atoms with Crippen LogP contribution in [-0.2, 0) is 4.79 Å². The van der Waals surface area contributed by atoms with Crippen LogP contribution in [0.3, 0.4) is 0 Å². The minimum absolute atomic E-state index is 0.0462. The summed E-state index contributed by atoms with van der Waals surface area (Å²) < 4.78 is 5.19. The second-order valence-electron chi connectivity index (χ2n) is 6.02. The Bertz CT molecular complexity index is 796. The number of ether oxygens (including phenoxy) is 1. The second kappa shape index (κ2) is 8.83. The molecule has 0 radical (unpaired) electrons. The maximum atomic E-state index is 12.4. The fourth-order valence-corrected chi connectivity index (χ4v) is 2.92. The van der Waals surface area contributed by atoms with Gasteiger partial charge in [0.1, 0.15) is 11.8 Å². The molecule has 3 aromatic carbocycles. The zero-order valence-electron chi connectivity index (χ0n) is 14.8. The van der Waals surface area contributed by atoms with Crippen molar-refractivity contribution in [3.63, 3.8) is 0 Å². The van der Waals surface area contributed by atoms with Crippen molar-refractivity contribution in [3.05, 3.63) is 96.1 Å². The van der Waals surface area contributed by atoms with Crippen molar-refractivity contribution in [2.24, 2.45) is 0 Å². The zero-order valence-corrected chi connectivity index (χ0v) is 14.8. The Morgan fingerprint density at radius 3 is 2.12 bits per heavy atom. The third-order valence-corrected chi connectivity index (χ3v) is 4.21. The fraction of sp³-hybridized carbons (Fsp3) is 0.136. The Balaban J connectivity index is 1.68. The number of anilines is 1. The molecule has 3 rings (SSSR count). The van der Waals surface area contributed by atoms with E-state index in [4.69, 9.17) is 4.74 Å². The molecule has 0 aliphatic rings. The van der Waals surface area contributed by atoms with E-state index in [1.165, 1.54) is 11.1 Å². The Kier molecular flexibility index (Phi) is 6.01. The third kappa shape index (κ3) is 4.71. The molecule has 1 amide bonds. The SMILES string of the molecule is COc1cccc(NC(=O)C[NH2+]C(c2ccccc2)c2ccccc2)c1. The summed E-state index contributed by atoms with van der Waals surface area (Å²) in [7, 11) is 1.61. The molecule has 0 aromatic heterocycles. The van der Waals surface area contributed by atoms with Gasteiger partial charge in [-0.05, 0) is 12.1 Å². The molecule has 0 bridgehead atoms. The van der Waals surface area contributed by atoms with Gasteiger partial charge >= 0.3 is 0 Å². The number of methoxy groups -OCH3 is 1. The lowest BCUT2D eigenvalue weighted by Crippen LogP contribution is -2.87. The zero-order chi connectivity index (χ0) is 18.2. The molecular formula is C22H23N2O2+. The lowest BCUT2D eigenvalue weighted by molar-refractivity contribution is -0.676. The van der Waals surface area contributed by atoms with Crippen LogP contribution in [0.25, 0.3) is 0 Å². The number of benzene rings is 3. The summed E-state index contributed by atoms with van der Waals surface area (Å²) in [5, 5.41) is 4.98. The standard InChI is InChI=1S/C22H22N2O2/c1-26-20-14-8-13-19(15-20)24-21(25)16-23-22(17-9-4-2-5-10-17)18-11-6-3-7-12-18/h2-15,22-23H,16H2,1H3,(H,24,25)/p+1. The van der Waals surface area contributed by atoms with Gasteiger partial charge in [-0.2, -0.15) is 0 Å². The lowest BCUT2D eigenvalue weighted by atomic mass is 9.99. The number of nitrogens with one attached hydrogen (secondary N) is 1. The van der Waals surface area contributed by atoms with Gasteiger partial charge < -0.3 is 15.4 Å². The quantitative estimate of drug-likeness (QED) is 0.690. The van der Waals surface area contributed by atoms with Crippen LogP contribution >= 0.6 is 0 Å². The highest BCUT2D eigenvalue weighted by molar-refractivity contribution is 5.91. The lowest BCUT2D eigenvalue weighted by Gasteiger charge is -2.16. The molecule has 0 heterocycles. The molecule has 3 N–H and O–H groups in total. The third-order valence-electron chi connectivity index (χ3n) is 4.21. The van der Waals surface area contributed by atoms with Crippen LogP contribution in [0.5, 0.6) is 5.75 Å². The fourth-order valence-electron chi connectivity index (χ4n) is 2.92. The monoisotopic (exact) mass is 347 g/mol. The van der Waals surface area contributed by atoms with Gasteiger partial charge in [0, 0.05) is 22.9 Å². The van der Waals surface area contributed by atoms with Crippen molar-refractivity contribution in [3.8, 4) is 5.75 Å². The average molecular weight is 347 g/mol. The number of quaternary nitrogens is 1. The number of hydrogen-bond donors (Lipinski definition) is 2. The summed E-state index contributed by atoms with van der Waals surface area (Å²) in [6, 6.07) is 27.9. The number of nitrogens with two attached hydrogens (primary N) is 1. The van der Waals surface area contributed by atoms with Crippen LogP contribution in [0, 0.1) is 0 Å². The van der Waals surface area contributed by atoms with E-state index >= 15 is 0 Å². The van der Waals surface area contributed by atoms with Crippen LogP contribution in [0.1, 0.15) is 17.2 Å². The van der Waals surface area contributed by atoms with Crippen LogP contribution in [-0.4, -0.2) is 19.6 Å². The second-order valence-corrected chi connectivity index (χ2v) is 6.02. The van der Waals surface area contributed by atoms with Crippen molar-refractivity contribution < 1.29 is 14.8 Å². The van der Waals surface area contributed by atoms with E-state index in [1.54, 1.807) is 7.11 Å². The van der Waals surface area contributed by atoms with Crippen LogP contribution in [0.2, 0.25) is 0 Å². The highest BCUT2D eigenvalue weighted by Gasteiger charge is 2.18. The number of hydrogen-bond acceptors (Lipinski definition) is 2. The molecule has 0 saturated heterocycles. The summed E-state index contributed by atoms with van der Waals surface area (Å²) >= 11 is 0. The van der Waals surface area contributed by atoms with Crippen LogP contribution in [0.4, 0.5) is 5.69 Å². The molecule has 0 saturated carbocycles. The highest BCUT2D eigenvalue weighted by atomic mass is 16.5. The van der Waals surface area contributed by atoms with Crippen molar-refractivity contribution in [1.82, 2.24) is 0 Å². The van der Waals surface area contributed by atoms with E-state index in [1.807, 2.05) is 60.7 Å². The van der Waals surface area contributed by atoms with Crippen LogP contribution in [0.15, 0.2) is 84.9 Å². The largest absolute Gasteiger partial charge is 0.497 e. The Hall–Kier alpha value is -3.11. The van der Waals surface area contributed by atoms with Gasteiger partial charge in [0.2, 0.25) is 0 Å². The Morgan fingerprint density at radius 1 is 0.923 bits per heavy atom. The molecular weight excluding hydrogens is 324 g/mol. The molecule has 0 unspecified atom stereocenters. The molecule has 4 heteroatoms. The maximum absolute atomic E-state index is 12.4. The summed E-state index contributed by atoms with van der Waals surface area (Å²) in [4.78, 5) is 12.4. The van der Waals surface area contributed by atoms with E-state index in [2.05, 4.69) is 34.9 Å². The predicted molar refractivity (Wildman–Crippen MR) is 103 cm³/mol. The summed E-state index contributed by atoms with van der Waals surface area (Å²) in [6.07, 6.45) is 0. The highest BCUT2D eigenvalue weighted by Crippen LogP contribution is 2.18. The first kappa shape index (κ1) is 17.7. The first-order valence-corrected chi connectivity index (χ1v) is 8.63. The first-order valence-electron chi connectivity index (χ1n) is 8.63. The van der Waals surface area contributed by atoms with Gasteiger partial charge in [-0.1, -0.05) is 66.7 Å². The number of rotatable bonds is 7. The van der Waals surface area contributed by atoms with E-state index in [0.29, 0.717) is 6.54 Å². The maximum Gasteiger partial charge on any atom is 0.279 e. The van der Waals surface area contributed by atoms with Gasteiger partial charge in [-0.25, -0.2) is 0 Å². The van der Waals surface area contributed by atoms with Gasteiger partial charge in [-0.15, -0.1) is 0 Å². The van der Waals surface area contributed by atoms with Gasteiger partial charge in [0.05, 0.1) is 7.11 Å². The van der Waals surface area contributed by atoms with E-state index in [-0.39, 0.29) is 11.9 Å². The molecule has 0 aliphatic carbocycles. The van der Waals surface area contributed by atoms with E-state index in [9.17, 15) is 4.79 Å². The summed E-state index contributed by atoms with van der Waals surface area (Å²) in [6.45, 7) is 0.325. The first-order chi connectivity index (χ1) is 12.8. The number of carbonyl (C=O) groups is 1. The van der Waals surface area contributed by atoms with Gasteiger partial charge in [-0.3, -0.25) is 4.79 Å². The molecule has 4 nitrogen and oxygen atoms in total. The van der Waals surface area contributed by atoms with Crippen molar-refractivity contribution in [2.75, 3.05) is 19.0 Å². The number of carbonyl (C=O) groups excluding carboxylic acids is 1. The van der Waals surface area contributed by atoms with E-state index < -0.39 is 0 Å². The minimum Gasteiger partial charge on any atom is -0.497 e.